The second-order valence-electron chi connectivity index (χ2n) is 5.71. The molecule has 120 valence electrons. The zero-order valence-electron chi connectivity index (χ0n) is 13.6. The second kappa shape index (κ2) is 7.66. The molecule has 0 aliphatic rings. The average Bonchev–Trinajstić information content (AvgIpc) is 2.54. The number of hydrogen-bond acceptors (Lipinski definition) is 3. The van der Waals surface area contributed by atoms with Crippen LogP contribution in [-0.4, -0.2) is 27.7 Å². The molecule has 1 aromatic heterocycles. The molecule has 0 radical (unpaired) electrons. The van der Waals surface area contributed by atoms with Crippen LogP contribution >= 0.6 is 0 Å². The molecule has 1 aromatic carbocycles. The first-order valence-corrected chi connectivity index (χ1v) is 7.61. The summed E-state index contributed by atoms with van der Waals surface area (Å²) in [5.74, 6) is 2.50. The lowest BCUT2D eigenvalue weighted by Gasteiger charge is -2.21. The lowest BCUT2D eigenvalue weighted by molar-refractivity contribution is 0.283. The average molecular weight is 310 g/mol. The molecule has 2 aromatic rings. The van der Waals surface area contributed by atoms with Crippen molar-refractivity contribution in [3.8, 4) is 18.1 Å². The number of pyridine rings is 1. The number of aryl methyl sites for hydroxylation is 1. The highest BCUT2D eigenvalue weighted by molar-refractivity contribution is 5.25. The Morgan fingerprint density at radius 2 is 1.91 bits per heavy atom. The van der Waals surface area contributed by atoms with Gasteiger partial charge in [-0.15, -0.1) is 6.42 Å². The number of nitrogens with zero attached hydrogens (tertiary/aromatic N) is 2. The molecule has 23 heavy (non-hydrogen) atoms. The van der Waals surface area contributed by atoms with Gasteiger partial charge in [0.05, 0.1) is 12.2 Å². The van der Waals surface area contributed by atoms with Gasteiger partial charge in [-0.25, -0.2) is 0 Å². The molecule has 4 heteroatoms. The lowest BCUT2D eigenvalue weighted by atomic mass is 10.1. The van der Waals surface area contributed by atoms with E-state index in [1.54, 1.807) is 13.1 Å². The van der Waals surface area contributed by atoms with Gasteiger partial charge >= 0.3 is 0 Å². The van der Waals surface area contributed by atoms with Gasteiger partial charge in [0.25, 0.3) is 0 Å². The van der Waals surface area contributed by atoms with Crippen LogP contribution in [0.25, 0.3) is 0 Å². The minimum atomic E-state index is -0.348. The minimum absolute atomic E-state index is 0.186. The third kappa shape index (κ3) is 4.48. The van der Waals surface area contributed by atoms with E-state index in [2.05, 4.69) is 42.0 Å². The summed E-state index contributed by atoms with van der Waals surface area (Å²) >= 11 is 0. The maximum Gasteiger partial charge on any atom is 0.223 e. The maximum absolute atomic E-state index is 11.4. The fraction of sp³-hybridized carbons (Fsp3) is 0.316. The molecule has 0 spiro atoms. The van der Waals surface area contributed by atoms with Gasteiger partial charge in [0.2, 0.25) is 5.43 Å². The van der Waals surface area contributed by atoms with Gasteiger partial charge in [0.1, 0.15) is 0 Å². The predicted molar refractivity (Wildman–Crippen MR) is 92.4 cm³/mol. The van der Waals surface area contributed by atoms with Crippen molar-refractivity contribution >= 4 is 0 Å². The predicted octanol–water partition coefficient (Wildman–Crippen LogP) is 2.31. The molecule has 0 aliphatic heterocycles. The first kappa shape index (κ1) is 16.9. The van der Waals surface area contributed by atoms with Crippen LogP contribution in [0.2, 0.25) is 0 Å². The van der Waals surface area contributed by atoms with Crippen LogP contribution in [0, 0.1) is 26.2 Å². The van der Waals surface area contributed by atoms with E-state index in [-0.39, 0.29) is 11.2 Å². The summed E-state index contributed by atoms with van der Waals surface area (Å²) in [6.07, 6.45) is 7.18. The highest BCUT2D eigenvalue weighted by Crippen LogP contribution is 2.11. The van der Waals surface area contributed by atoms with E-state index in [0.717, 1.165) is 13.1 Å². The topological polar surface area (TPSA) is 45.5 Å². The quantitative estimate of drug-likeness (QED) is 0.833. The van der Waals surface area contributed by atoms with E-state index in [9.17, 15) is 9.90 Å². The van der Waals surface area contributed by atoms with Gasteiger partial charge in [-0.05, 0) is 19.4 Å². The van der Waals surface area contributed by atoms with Crippen molar-refractivity contribution in [2.75, 3.05) is 13.1 Å². The summed E-state index contributed by atoms with van der Waals surface area (Å²) in [4.78, 5) is 13.6. The zero-order valence-corrected chi connectivity index (χ0v) is 13.6. The van der Waals surface area contributed by atoms with Crippen LogP contribution < -0.4 is 5.43 Å². The van der Waals surface area contributed by atoms with Crippen LogP contribution in [0.4, 0.5) is 0 Å². The molecular formula is C19H22N2O2. The SMILES string of the molecule is C#CCN(CCn1ccc(=O)c(O)c1C)Cc1ccc(C)cc1. The highest BCUT2D eigenvalue weighted by Gasteiger charge is 2.08. The van der Waals surface area contributed by atoms with E-state index in [0.29, 0.717) is 18.8 Å². The molecule has 1 heterocycles. The summed E-state index contributed by atoms with van der Waals surface area (Å²) in [6.45, 7) is 6.53. The van der Waals surface area contributed by atoms with E-state index in [1.807, 2.05) is 4.57 Å². The summed E-state index contributed by atoms with van der Waals surface area (Å²) in [5.41, 5.74) is 2.68. The van der Waals surface area contributed by atoms with Gasteiger partial charge in [0, 0.05) is 31.9 Å². The first-order valence-electron chi connectivity index (χ1n) is 7.61. The molecule has 0 atom stereocenters. The van der Waals surface area contributed by atoms with E-state index >= 15 is 0 Å². The number of terminal acetylenes is 1. The van der Waals surface area contributed by atoms with Crippen molar-refractivity contribution < 1.29 is 5.11 Å². The normalized spacial score (nSPS) is 10.7. The fourth-order valence-corrected chi connectivity index (χ4v) is 2.45. The van der Waals surface area contributed by atoms with E-state index in [4.69, 9.17) is 6.42 Å². The third-order valence-corrected chi connectivity index (χ3v) is 3.91. The van der Waals surface area contributed by atoms with Crippen molar-refractivity contribution in [1.82, 2.24) is 9.47 Å². The maximum atomic E-state index is 11.4. The Balaban J connectivity index is 2.05. The number of rotatable bonds is 6. The van der Waals surface area contributed by atoms with Crippen molar-refractivity contribution in [3.63, 3.8) is 0 Å². The summed E-state index contributed by atoms with van der Waals surface area (Å²) in [7, 11) is 0. The summed E-state index contributed by atoms with van der Waals surface area (Å²) in [6, 6.07) is 9.78. The molecule has 0 unspecified atom stereocenters. The van der Waals surface area contributed by atoms with Crippen LogP contribution in [-0.2, 0) is 13.1 Å². The molecule has 4 nitrogen and oxygen atoms in total. The zero-order chi connectivity index (χ0) is 16.8. The Kier molecular flexibility index (Phi) is 5.61. The Morgan fingerprint density at radius 1 is 1.22 bits per heavy atom. The second-order valence-corrected chi connectivity index (χ2v) is 5.71. The molecule has 1 N–H and O–H groups in total. The molecule has 2 rings (SSSR count). The van der Waals surface area contributed by atoms with Gasteiger partial charge in [-0.1, -0.05) is 35.7 Å². The van der Waals surface area contributed by atoms with Gasteiger partial charge < -0.3 is 9.67 Å². The molecule has 0 fully saturated rings. The van der Waals surface area contributed by atoms with Crippen molar-refractivity contribution in [2.24, 2.45) is 0 Å². The molecule has 0 saturated heterocycles. The lowest BCUT2D eigenvalue weighted by Crippen LogP contribution is -2.28. The number of aromatic hydroxyl groups is 1. The molecule has 0 aliphatic carbocycles. The Hall–Kier alpha value is -2.51. The van der Waals surface area contributed by atoms with Gasteiger partial charge in [0.15, 0.2) is 5.75 Å². The number of benzene rings is 1. The smallest absolute Gasteiger partial charge is 0.223 e. The number of aromatic nitrogens is 1. The molecule has 0 bridgehead atoms. The van der Waals surface area contributed by atoms with Crippen molar-refractivity contribution in [1.29, 1.82) is 0 Å². The molecule has 0 saturated carbocycles. The van der Waals surface area contributed by atoms with Gasteiger partial charge in [-0.3, -0.25) is 9.69 Å². The van der Waals surface area contributed by atoms with Crippen LogP contribution in [0.5, 0.6) is 5.75 Å². The van der Waals surface area contributed by atoms with Crippen molar-refractivity contribution in [2.45, 2.75) is 26.9 Å². The number of hydrogen-bond donors (Lipinski definition) is 1. The Bertz CT molecular complexity index is 754. The monoisotopic (exact) mass is 310 g/mol. The van der Waals surface area contributed by atoms with Crippen LogP contribution in [0.3, 0.4) is 0 Å². The van der Waals surface area contributed by atoms with Crippen molar-refractivity contribution in [3.05, 3.63) is 63.6 Å². The molecule has 0 amide bonds. The van der Waals surface area contributed by atoms with E-state index in [1.165, 1.54) is 17.2 Å². The van der Waals surface area contributed by atoms with E-state index < -0.39 is 0 Å². The Labute approximate surface area is 137 Å². The van der Waals surface area contributed by atoms with Crippen LogP contribution in [0.1, 0.15) is 16.8 Å². The standard InChI is InChI=1S/C19H22N2O2/c1-4-10-20(14-17-7-5-15(2)6-8-17)12-13-21-11-9-18(22)19(23)16(21)3/h1,5-9,11,23H,10,12-14H2,2-3H3. The largest absolute Gasteiger partial charge is 0.503 e. The Morgan fingerprint density at radius 3 is 2.57 bits per heavy atom. The minimum Gasteiger partial charge on any atom is -0.503 e. The van der Waals surface area contributed by atoms with Crippen LogP contribution in [0.15, 0.2) is 41.3 Å². The fourth-order valence-electron chi connectivity index (χ4n) is 2.45. The van der Waals surface area contributed by atoms with Gasteiger partial charge in [-0.2, -0.15) is 0 Å². The first-order chi connectivity index (χ1) is 11.0. The highest BCUT2D eigenvalue weighted by atomic mass is 16.3. The summed E-state index contributed by atoms with van der Waals surface area (Å²) in [5, 5.41) is 9.74. The molecular weight excluding hydrogens is 288 g/mol. The summed E-state index contributed by atoms with van der Waals surface area (Å²) < 4.78 is 1.87. The third-order valence-electron chi connectivity index (χ3n) is 3.91.